The predicted molar refractivity (Wildman–Crippen MR) is 167 cm³/mol. The fraction of sp³-hybridized carbons (Fsp3) is 0.194. The number of carbonyl (C=O) groups excluding carboxylic acids is 1. The molecule has 0 bridgehead atoms. The molecule has 6 rings (SSSR count). The highest BCUT2D eigenvalue weighted by atomic mass is 32.2. The van der Waals surface area contributed by atoms with E-state index in [1.807, 2.05) is 0 Å². The Morgan fingerprint density at radius 2 is 1.80 bits per heavy atom. The predicted octanol–water partition coefficient (Wildman–Crippen LogP) is 5.54. The zero-order chi connectivity index (χ0) is 32.1. The molecular formula is C31H28F2N8O3S. The number of anilines is 1. The number of pyridine rings is 2. The molecule has 2 aromatic carbocycles. The van der Waals surface area contributed by atoms with Crippen molar-refractivity contribution in [2.24, 2.45) is 5.41 Å². The van der Waals surface area contributed by atoms with Gasteiger partial charge in [-0.2, -0.15) is 5.10 Å². The van der Waals surface area contributed by atoms with Gasteiger partial charge >= 0.3 is 0 Å². The fourth-order valence-electron chi connectivity index (χ4n) is 4.80. The Morgan fingerprint density at radius 1 is 1.00 bits per heavy atom. The number of nitrogens with one attached hydrogen (secondary N) is 4. The van der Waals surface area contributed by atoms with Gasteiger partial charge in [-0.1, -0.05) is 20.8 Å². The smallest absolute Gasteiger partial charge is 0.229 e. The number of benzene rings is 2. The van der Waals surface area contributed by atoms with Crippen molar-refractivity contribution in [3.63, 3.8) is 0 Å². The summed E-state index contributed by atoms with van der Waals surface area (Å²) in [5.41, 5.74) is 3.69. The van der Waals surface area contributed by atoms with Crippen molar-refractivity contribution < 1.29 is 22.0 Å². The van der Waals surface area contributed by atoms with E-state index in [0.29, 0.717) is 61.5 Å². The summed E-state index contributed by atoms with van der Waals surface area (Å²) in [5.74, 6) is -0.910. The zero-order valence-electron chi connectivity index (χ0n) is 24.7. The summed E-state index contributed by atoms with van der Waals surface area (Å²) in [7, 11) is -3.48. The molecule has 0 saturated carbocycles. The maximum Gasteiger partial charge on any atom is 0.229 e. The van der Waals surface area contributed by atoms with E-state index in [4.69, 9.17) is 0 Å². The van der Waals surface area contributed by atoms with Crippen LogP contribution in [0.1, 0.15) is 26.3 Å². The molecule has 6 aromatic rings. The number of hydrogen-bond donors (Lipinski definition) is 4. The van der Waals surface area contributed by atoms with E-state index in [0.717, 1.165) is 6.26 Å². The summed E-state index contributed by atoms with van der Waals surface area (Å²) < 4.78 is 55.4. The highest BCUT2D eigenvalue weighted by Crippen LogP contribution is 2.35. The van der Waals surface area contributed by atoms with Gasteiger partial charge in [-0.25, -0.2) is 31.9 Å². The molecule has 0 aliphatic rings. The maximum atomic E-state index is 15.3. The Balaban J connectivity index is 1.39. The third kappa shape index (κ3) is 6.28. The quantitative estimate of drug-likeness (QED) is 0.180. The van der Waals surface area contributed by atoms with Crippen LogP contribution in [0.3, 0.4) is 0 Å². The van der Waals surface area contributed by atoms with Gasteiger partial charge in [0.1, 0.15) is 17.3 Å². The number of rotatable bonds is 7. The molecule has 1 amide bonds. The standard InChI is InChI=1S/C31H28F2N8O3S/c1-31(2,3)30(42)37-20-10-18(14-34-15-20)22-11-23-25(12-24(22)33)40-41-27(23)29-38-26-21(5-6-35-28(26)39-29)17-7-16(8-19(32)9-17)13-36-45(4,43)44/h5-12,14-15,36H,13H2,1-4H3,(H,37,42)(H,40,41)(H,35,38,39). The lowest BCUT2D eigenvalue weighted by molar-refractivity contribution is -0.123. The van der Waals surface area contributed by atoms with Crippen molar-refractivity contribution in [3.8, 4) is 33.8 Å². The van der Waals surface area contributed by atoms with Gasteiger partial charge in [-0.15, -0.1) is 0 Å². The Hall–Kier alpha value is -5.08. The molecule has 230 valence electrons. The Labute approximate surface area is 256 Å². The summed E-state index contributed by atoms with van der Waals surface area (Å²) in [6, 6.07) is 10.6. The van der Waals surface area contributed by atoms with E-state index in [1.165, 1.54) is 36.8 Å². The van der Waals surface area contributed by atoms with E-state index in [1.54, 1.807) is 45.0 Å². The third-order valence-corrected chi connectivity index (χ3v) is 7.73. The Bertz CT molecular complexity index is 2220. The second-order valence-corrected chi connectivity index (χ2v) is 13.5. The molecule has 0 saturated heterocycles. The summed E-state index contributed by atoms with van der Waals surface area (Å²) in [5, 5.41) is 10.6. The van der Waals surface area contributed by atoms with Crippen LogP contribution in [-0.2, 0) is 21.4 Å². The molecule has 14 heteroatoms. The largest absolute Gasteiger partial charge is 0.335 e. The first-order valence-electron chi connectivity index (χ1n) is 13.8. The summed E-state index contributed by atoms with van der Waals surface area (Å²) >= 11 is 0. The first-order valence-corrected chi connectivity index (χ1v) is 15.7. The van der Waals surface area contributed by atoms with Gasteiger partial charge in [-0.3, -0.25) is 14.9 Å². The van der Waals surface area contributed by atoms with Crippen molar-refractivity contribution in [3.05, 3.63) is 78.3 Å². The van der Waals surface area contributed by atoms with E-state index in [9.17, 15) is 17.6 Å². The van der Waals surface area contributed by atoms with Gasteiger partial charge in [0.25, 0.3) is 0 Å². The number of H-pyrrole nitrogens is 2. The Morgan fingerprint density at radius 3 is 2.56 bits per heavy atom. The van der Waals surface area contributed by atoms with Crippen LogP contribution in [0, 0.1) is 17.0 Å². The monoisotopic (exact) mass is 630 g/mol. The molecule has 45 heavy (non-hydrogen) atoms. The molecule has 4 heterocycles. The topological polar surface area (TPSA) is 158 Å². The van der Waals surface area contributed by atoms with Crippen molar-refractivity contribution in [1.29, 1.82) is 0 Å². The summed E-state index contributed by atoms with van der Waals surface area (Å²) in [4.78, 5) is 28.9. The van der Waals surface area contributed by atoms with Gasteiger partial charge in [0, 0.05) is 52.5 Å². The lowest BCUT2D eigenvalue weighted by atomic mass is 9.95. The lowest BCUT2D eigenvalue weighted by Gasteiger charge is -2.17. The van der Waals surface area contributed by atoms with Gasteiger partial charge in [0.2, 0.25) is 15.9 Å². The van der Waals surface area contributed by atoms with Crippen LogP contribution < -0.4 is 10.0 Å². The van der Waals surface area contributed by atoms with Crippen LogP contribution in [0.15, 0.2) is 61.1 Å². The van der Waals surface area contributed by atoms with Gasteiger partial charge < -0.3 is 10.3 Å². The third-order valence-electron chi connectivity index (χ3n) is 7.06. The minimum absolute atomic E-state index is 0.0778. The number of fused-ring (bicyclic) bond motifs is 2. The first-order chi connectivity index (χ1) is 21.2. The lowest BCUT2D eigenvalue weighted by Crippen LogP contribution is -2.27. The average molecular weight is 631 g/mol. The van der Waals surface area contributed by atoms with Crippen molar-refractivity contribution in [1.82, 2.24) is 34.9 Å². The van der Waals surface area contributed by atoms with E-state index in [2.05, 4.69) is 40.2 Å². The van der Waals surface area contributed by atoms with Crippen LogP contribution in [-0.4, -0.2) is 50.7 Å². The van der Waals surface area contributed by atoms with Crippen molar-refractivity contribution in [2.45, 2.75) is 27.3 Å². The van der Waals surface area contributed by atoms with Gasteiger partial charge in [-0.05, 0) is 47.5 Å². The Kier molecular flexibility index (Phi) is 7.41. The number of sulfonamides is 1. The number of amides is 1. The molecule has 4 aromatic heterocycles. The second-order valence-electron chi connectivity index (χ2n) is 11.7. The SMILES string of the molecule is CC(C)(C)C(=O)Nc1cncc(-c2cc3c(-c4nc5nccc(-c6cc(F)cc(CNS(C)(=O)=O)c6)c5[nH]4)n[nH]c3cc2F)c1. The first kappa shape index (κ1) is 30.0. The fourth-order valence-corrected chi connectivity index (χ4v) is 5.23. The molecule has 11 nitrogen and oxygen atoms in total. The molecular weight excluding hydrogens is 602 g/mol. The molecule has 4 N–H and O–H groups in total. The van der Waals surface area contributed by atoms with Crippen molar-refractivity contribution in [2.75, 3.05) is 11.6 Å². The number of aromatic nitrogens is 6. The normalized spacial score (nSPS) is 12.2. The zero-order valence-corrected chi connectivity index (χ0v) is 25.5. The molecule has 0 aliphatic carbocycles. The van der Waals surface area contributed by atoms with E-state index in [-0.39, 0.29) is 18.0 Å². The number of aromatic amines is 2. The van der Waals surface area contributed by atoms with Crippen LogP contribution in [0.4, 0.5) is 14.5 Å². The molecule has 0 unspecified atom stereocenters. The molecule has 0 radical (unpaired) electrons. The van der Waals surface area contributed by atoms with Gasteiger partial charge in [0.05, 0.1) is 29.2 Å². The number of carbonyl (C=O) groups is 1. The molecule has 0 aliphatic heterocycles. The molecule has 0 fully saturated rings. The minimum atomic E-state index is -3.48. The highest BCUT2D eigenvalue weighted by Gasteiger charge is 2.22. The van der Waals surface area contributed by atoms with E-state index >= 15 is 4.39 Å². The molecule has 0 atom stereocenters. The number of nitrogens with zero attached hydrogens (tertiary/aromatic N) is 4. The summed E-state index contributed by atoms with van der Waals surface area (Å²) in [6.07, 6.45) is 5.57. The minimum Gasteiger partial charge on any atom is -0.335 e. The maximum absolute atomic E-state index is 15.3. The highest BCUT2D eigenvalue weighted by molar-refractivity contribution is 7.88. The van der Waals surface area contributed by atoms with Gasteiger partial charge in [0.15, 0.2) is 11.5 Å². The van der Waals surface area contributed by atoms with Crippen LogP contribution in [0.25, 0.3) is 55.8 Å². The van der Waals surface area contributed by atoms with Crippen LogP contribution in [0.5, 0.6) is 0 Å². The second kappa shape index (κ2) is 11.1. The van der Waals surface area contributed by atoms with E-state index < -0.39 is 27.1 Å². The van der Waals surface area contributed by atoms with Crippen LogP contribution in [0.2, 0.25) is 0 Å². The average Bonchev–Trinajstić information content (AvgIpc) is 3.58. The number of hydrogen-bond acceptors (Lipinski definition) is 7. The summed E-state index contributed by atoms with van der Waals surface area (Å²) in [6.45, 7) is 5.29. The van der Waals surface area contributed by atoms with Crippen LogP contribution >= 0.6 is 0 Å². The van der Waals surface area contributed by atoms with Crippen molar-refractivity contribution >= 4 is 43.7 Å². The number of imidazole rings is 1. The molecule has 0 spiro atoms. The number of halogens is 2.